The summed E-state index contributed by atoms with van der Waals surface area (Å²) in [5.41, 5.74) is 1.13. The molecular weight excluding hydrogens is 318 g/mol. The molecule has 1 aromatic heterocycles. The van der Waals surface area contributed by atoms with Crippen LogP contribution in [-0.2, 0) is 4.79 Å². The molecule has 0 aliphatic carbocycles. The van der Waals surface area contributed by atoms with E-state index < -0.39 is 0 Å². The maximum Gasteiger partial charge on any atom is 0.255 e. The van der Waals surface area contributed by atoms with Crippen molar-refractivity contribution in [2.24, 2.45) is 0 Å². The molecule has 3 aliphatic rings. The number of amides is 2. The van der Waals surface area contributed by atoms with Crippen LogP contribution in [0, 0.1) is 0 Å². The van der Waals surface area contributed by atoms with Crippen LogP contribution in [0.15, 0.2) is 12.3 Å². The van der Waals surface area contributed by atoms with Crippen LogP contribution in [0.25, 0.3) is 0 Å². The minimum Gasteiger partial charge on any atom is -0.359 e. The van der Waals surface area contributed by atoms with Gasteiger partial charge in [0, 0.05) is 25.3 Å². The van der Waals surface area contributed by atoms with Gasteiger partial charge in [-0.3, -0.25) is 9.59 Å². The Balaban J connectivity index is 1.39. The molecule has 0 bridgehead atoms. The molecule has 3 aliphatic heterocycles. The molecule has 2 fully saturated rings. The third-order valence-electron chi connectivity index (χ3n) is 5.48. The van der Waals surface area contributed by atoms with E-state index in [-0.39, 0.29) is 18.4 Å². The Morgan fingerprint density at radius 3 is 2.64 bits per heavy atom. The first-order chi connectivity index (χ1) is 12.2. The van der Waals surface area contributed by atoms with E-state index >= 15 is 0 Å². The Morgan fingerprint density at radius 1 is 1.12 bits per heavy atom. The second-order valence-corrected chi connectivity index (χ2v) is 7.14. The third-order valence-corrected chi connectivity index (χ3v) is 5.48. The number of piperidine rings is 2. The molecule has 2 saturated heterocycles. The highest BCUT2D eigenvalue weighted by molar-refractivity contribution is 6.02. The van der Waals surface area contributed by atoms with Crippen molar-refractivity contribution in [2.75, 3.05) is 43.4 Å². The molecule has 134 valence electrons. The number of aromatic nitrogens is 1. The first-order valence-electron chi connectivity index (χ1n) is 9.28. The van der Waals surface area contributed by atoms with Gasteiger partial charge in [-0.15, -0.1) is 0 Å². The summed E-state index contributed by atoms with van der Waals surface area (Å²) in [6.45, 7) is 4.22. The standard InChI is InChI=1S/C18H25N5O2/c24-16-12-20-17-15(21-16)10-13(11-19-17)18(25)23-8-4-14(5-9-23)22-6-2-1-3-7-22/h10-11,14H,1-9,12H2,(H,19,20)(H,21,24). The fourth-order valence-electron chi connectivity index (χ4n) is 4.08. The van der Waals surface area contributed by atoms with Crippen molar-refractivity contribution in [3.63, 3.8) is 0 Å². The van der Waals surface area contributed by atoms with Crippen molar-refractivity contribution in [3.8, 4) is 0 Å². The molecule has 2 N–H and O–H groups in total. The topological polar surface area (TPSA) is 77.6 Å². The van der Waals surface area contributed by atoms with Gasteiger partial charge < -0.3 is 20.4 Å². The van der Waals surface area contributed by atoms with Crippen LogP contribution in [0.2, 0.25) is 0 Å². The second-order valence-electron chi connectivity index (χ2n) is 7.14. The van der Waals surface area contributed by atoms with E-state index in [9.17, 15) is 9.59 Å². The lowest BCUT2D eigenvalue weighted by atomic mass is 9.99. The summed E-state index contributed by atoms with van der Waals surface area (Å²) in [5.74, 6) is 0.522. The lowest BCUT2D eigenvalue weighted by Gasteiger charge is -2.40. The van der Waals surface area contributed by atoms with Gasteiger partial charge in [0.15, 0.2) is 0 Å². The minimum absolute atomic E-state index is 0.00668. The minimum atomic E-state index is -0.110. The lowest BCUT2D eigenvalue weighted by molar-refractivity contribution is -0.114. The van der Waals surface area contributed by atoms with Gasteiger partial charge in [-0.05, 0) is 44.8 Å². The van der Waals surface area contributed by atoms with Crippen LogP contribution in [0.5, 0.6) is 0 Å². The molecule has 25 heavy (non-hydrogen) atoms. The van der Waals surface area contributed by atoms with Crippen molar-refractivity contribution >= 4 is 23.3 Å². The molecule has 1 aromatic rings. The average molecular weight is 343 g/mol. The molecule has 0 unspecified atom stereocenters. The zero-order valence-electron chi connectivity index (χ0n) is 14.5. The number of likely N-dealkylation sites (tertiary alicyclic amines) is 2. The first kappa shape index (κ1) is 16.3. The Hall–Kier alpha value is -2.15. The fraction of sp³-hybridized carbons (Fsp3) is 0.611. The highest BCUT2D eigenvalue weighted by Gasteiger charge is 2.28. The second kappa shape index (κ2) is 7.00. The summed E-state index contributed by atoms with van der Waals surface area (Å²) < 4.78 is 0. The molecule has 0 atom stereocenters. The summed E-state index contributed by atoms with van der Waals surface area (Å²) in [6.07, 6.45) is 7.65. The van der Waals surface area contributed by atoms with Gasteiger partial charge in [-0.25, -0.2) is 4.98 Å². The van der Waals surface area contributed by atoms with E-state index in [1.807, 2.05) is 4.90 Å². The highest BCUT2D eigenvalue weighted by Crippen LogP contribution is 2.25. The molecule has 2 amide bonds. The number of hydrogen-bond acceptors (Lipinski definition) is 5. The normalized spacial score (nSPS) is 22.1. The molecule has 4 rings (SSSR count). The summed E-state index contributed by atoms with van der Waals surface area (Å²) >= 11 is 0. The molecule has 7 nitrogen and oxygen atoms in total. The Morgan fingerprint density at radius 2 is 1.88 bits per heavy atom. The first-order valence-corrected chi connectivity index (χ1v) is 9.28. The van der Waals surface area contributed by atoms with Gasteiger partial charge in [0.1, 0.15) is 5.82 Å². The highest BCUT2D eigenvalue weighted by atomic mass is 16.2. The van der Waals surface area contributed by atoms with Crippen LogP contribution in [0.3, 0.4) is 0 Å². The van der Waals surface area contributed by atoms with Crippen LogP contribution >= 0.6 is 0 Å². The van der Waals surface area contributed by atoms with Gasteiger partial charge in [-0.2, -0.15) is 0 Å². The van der Waals surface area contributed by atoms with Crippen molar-refractivity contribution in [1.82, 2.24) is 14.8 Å². The zero-order chi connectivity index (χ0) is 17.2. The molecule has 0 saturated carbocycles. The van der Waals surface area contributed by atoms with Crippen molar-refractivity contribution in [1.29, 1.82) is 0 Å². The third kappa shape index (κ3) is 3.46. The largest absolute Gasteiger partial charge is 0.359 e. The molecule has 0 radical (unpaired) electrons. The SMILES string of the molecule is O=C1CNc2ncc(C(=O)N3CCC(N4CCCCC4)CC3)cc2N1. The number of hydrogen-bond donors (Lipinski definition) is 2. The number of carbonyl (C=O) groups is 2. The smallest absolute Gasteiger partial charge is 0.255 e. The van der Waals surface area contributed by atoms with E-state index in [1.165, 1.54) is 32.4 Å². The zero-order valence-corrected chi connectivity index (χ0v) is 14.5. The summed E-state index contributed by atoms with van der Waals surface area (Å²) in [4.78, 5) is 33.1. The van der Waals surface area contributed by atoms with E-state index in [0.29, 0.717) is 23.1 Å². The van der Waals surface area contributed by atoms with Crippen molar-refractivity contribution in [3.05, 3.63) is 17.8 Å². The maximum atomic E-state index is 12.8. The number of nitrogens with zero attached hydrogens (tertiary/aromatic N) is 3. The summed E-state index contributed by atoms with van der Waals surface area (Å²) in [7, 11) is 0. The average Bonchev–Trinajstić information content (AvgIpc) is 2.67. The number of anilines is 2. The molecule has 4 heterocycles. The Kier molecular flexibility index (Phi) is 4.57. The predicted octanol–water partition coefficient (Wildman–Crippen LogP) is 1.54. The number of pyridine rings is 1. The number of rotatable bonds is 2. The molecule has 7 heteroatoms. The van der Waals surface area contributed by atoms with Crippen molar-refractivity contribution in [2.45, 2.75) is 38.1 Å². The van der Waals surface area contributed by atoms with E-state index in [2.05, 4.69) is 20.5 Å². The Bertz CT molecular complexity index is 663. The van der Waals surface area contributed by atoms with Gasteiger partial charge in [0.2, 0.25) is 5.91 Å². The van der Waals surface area contributed by atoms with Crippen LogP contribution in [0.1, 0.15) is 42.5 Å². The van der Waals surface area contributed by atoms with Gasteiger partial charge in [0.25, 0.3) is 5.91 Å². The van der Waals surface area contributed by atoms with E-state index in [0.717, 1.165) is 25.9 Å². The maximum absolute atomic E-state index is 12.8. The van der Waals surface area contributed by atoms with E-state index in [4.69, 9.17) is 0 Å². The monoisotopic (exact) mass is 343 g/mol. The number of fused-ring (bicyclic) bond motifs is 1. The quantitative estimate of drug-likeness (QED) is 0.852. The molecule has 0 aromatic carbocycles. The Labute approximate surface area is 147 Å². The number of carbonyl (C=O) groups excluding carboxylic acids is 2. The fourth-order valence-corrected chi connectivity index (χ4v) is 4.08. The number of nitrogens with one attached hydrogen (secondary N) is 2. The van der Waals surface area contributed by atoms with Crippen LogP contribution in [-0.4, -0.2) is 65.4 Å². The lowest BCUT2D eigenvalue weighted by Crippen LogP contribution is -2.48. The summed E-state index contributed by atoms with van der Waals surface area (Å²) in [5, 5.41) is 5.71. The van der Waals surface area contributed by atoms with Gasteiger partial charge in [0.05, 0.1) is 17.8 Å². The van der Waals surface area contributed by atoms with E-state index in [1.54, 1.807) is 12.3 Å². The van der Waals surface area contributed by atoms with Gasteiger partial charge in [-0.1, -0.05) is 6.42 Å². The predicted molar refractivity (Wildman–Crippen MR) is 95.7 cm³/mol. The summed E-state index contributed by atoms with van der Waals surface area (Å²) in [6, 6.07) is 2.35. The van der Waals surface area contributed by atoms with Crippen LogP contribution < -0.4 is 10.6 Å². The van der Waals surface area contributed by atoms with Crippen LogP contribution in [0.4, 0.5) is 11.5 Å². The molecule has 0 spiro atoms. The van der Waals surface area contributed by atoms with Gasteiger partial charge >= 0.3 is 0 Å². The molecular formula is C18H25N5O2. The van der Waals surface area contributed by atoms with Crippen molar-refractivity contribution < 1.29 is 9.59 Å².